The minimum Gasteiger partial charge on any atom is -0.494 e. The van der Waals surface area contributed by atoms with Crippen molar-refractivity contribution >= 4 is 27.6 Å². The maximum absolute atomic E-state index is 13.5. The van der Waals surface area contributed by atoms with Gasteiger partial charge in [0.15, 0.2) is 11.4 Å². The van der Waals surface area contributed by atoms with Crippen molar-refractivity contribution in [1.82, 2.24) is 19.4 Å². The highest BCUT2D eigenvalue weighted by molar-refractivity contribution is 8.45. The molecule has 0 aliphatic carbocycles. The average Bonchev–Trinajstić information content (AvgIpc) is 3.18. The smallest absolute Gasteiger partial charge is 0.490 e. The zero-order chi connectivity index (χ0) is 33.2. The highest BCUT2D eigenvalue weighted by Gasteiger charge is 2.65. The molecule has 1 aromatic carbocycles. The quantitative estimate of drug-likeness (QED) is 0.183. The third kappa shape index (κ3) is 8.80. The number of aliphatic carboxylic acids is 1. The first kappa shape index (κ1) is 35.3. The number of hydrogen-bond acceptors (Lipinski definition) is 7. The molecule has 0 spiro atoms. The van der Waals surface area contributed by atoms with Crippen molar-refractivity contribution in [3.05, 3.63) is 40.5 Å². The van der Waals surface area contributed by atoms with Crippen LogP contribution in [0.2, 0.25) is 0 Å². The SMILES string of the molecule is CCOc1cc(C(=O)Cn2nc3c(C)c(C)c(OC(CC)CC)nn3c2=N)cc(S(F)(F)(F)(F)F)c1.O=C(O)C(F)(F)F. The predicted molar refractivity (Wildman–Crippen MR) is 138 cm³/mol. The van der Waals surface area contributed by atoms with E-state index in [1.54, 1.807) is 13.8 Å². The van der Waals surface area contributed by atoms with Gasteiger partial charge in [0.2, 0.25) is 11.5 Å². The Balaban J connectivity index is 0.000000821. The van der Waals surface area contributed by atoms with Crippen LogP contribution in [-0.2, 0) is 11.3 Å². The number of hydrogen-bond donors (Lipinski definition) is 2. The molecule has 0 fully saturated rings. The Morgan fingerprint density at radius 3 is 2.02 bits per heavy atom. The van der Waals surface area contributed by atoms with Crippen LogP contribution in [0.3, 0.4) is 0 Å². The lowest BCUT2D eigenvalue weighted by Crippen LogP contribution is -2.27. The summed E-state index contributed by atoms with van der Waals surface area (Å²) in [6.45, 7) is 8.12. The highest BCUT2D eigenvalue weighted by atomic mass is 32.5. The number of halogens is 8. The Hall–Kier alpha value is -3.90. The third-order valence-corrected chi connectivity index (χ3v) is 7.08. The van der Waals surface area contributed by atoms with Gasteiger partial charge in [-0.1, -0.05) is 33.3 Å². The van der Waals surface area contributed by atoms with E-state index in [0.717, 1.165) is 28.1 Å². The van der Waals surface area contributed by atoms with E-state index in [-0.39, 0.29) is 36.1 Å². The Bertz CT molecular complexity index is 1580. The molecule has 19 heteroatoms. The van der Waals surface area contributed by atoms with Crippen LogP contribution in [0.25, 0.3) is 5.65 Å². The van der Waals surface area contributed by atoms with E-state index in [9.17, 15) is 37.4 Å². The number of rotatable bonds is 10. The summed E-state index contributed by atoms with van der Waals surface area (Å²) in [5.74, 6) is -3.95. The summed E-state index contributed by atoms with van der Waals surface area (Å²) in [5, 5.41) is 24.1. The molecule has 0 atom stereocenters. The van der Waals surface area contributed by atoms with Gasteiger partial charge in [-0.25, -0.2) is 9.48 Å². The molecule has 0 radical (unpaired) electrons. The topological polar surface area (TPSA) is 132 Å². The van der Waals surface area contributed by atoms with E-state index in [2.05, 4.69) is 10.2 Å². The fourth-order valence-corrected chi connectivity index (χ4v) is 4.19. The van der Waals surface area contributed by atoms with Gasteiger partial charge >= 0.3 is 22.4 Å². The molecule has 3 aromatic rings. The molecule has 0 saturated carbocycles. The van der Waals surface area contributed by atoms with Gasteiger partial charge in [-0.3, -0.25) is 10.2 Å². The molecule has 10 nitrogen and oxygen atoms in total. The lowest BCUT2D eigenvalue weighted by Gasteiger charge is -2.40. The molecular formula is C24H29F8N5O5S. The number of aromatic nitrogens is 4. The van der Waals surface area contributed by atoms with Crippen molar-refractivity contribution in [1.29, 1.82) is 5.41 Å². The van der Waals surface area contributed by atoms with E-state index >= 15 is 0 Å². The fraction of sp³-hybridized carbons (Fsp3) is 0.458. The molecule has 242 valence electrons. The molecular weight excluding hydrogens is 622 g/mol. The lowest BCUT2D eigenvalue weighted by atomic mass is 10.1. The second-order valence-electron chi connectivity index (χ2n) is 9.15. The summed E-state index contributed by atoms with van der Waals surface area (Å²) in [4.78, 5) is 19.5. The number of nitrogens with zero attached hydrogens (tertiary/aromatic N) is 4. The maximum atomic E-state index is 13.5. The Labute approximate surface area is 239 Å². The van der Waals surface area contributed by atoms with Crippen molar-refractivity contribution < 1.29 is 56.8 Å². The molecule has 0 bridgehead atoms. The van der Waals surface area contributed by atoms with Crippen LogP contribution < -0.4 is 15.1 Å². The Morgan fingerprint density at radius 2 is 1.56 bits per heavy atom. The standard InChI is InChI=1S/C22H28F5N5O3S.C2HF3O2/c1-6-16(7-2)35-21-14(5)13(4)20-29-31(22(28)32(20)30-21)12-19(33)15-9-17(34-8-3)11-18(10-15)36(23,24,25,26)27;3-2(4,5)1(6)7/h9-11,16,28H,6-8,12H2,1-5H3;(H,6,7). The van der Waals surface area contributed by atoms with Gasteiger partial charge in [-0.15, -0.1) is 10.2 Å². The molecule has 43 heavy (non-hydrogen) atoms. The summed E-state index contributed by atoms with van der Waals surface area (Å²) >= 11 is 0. The molecule has 2 heterocycles. The number of benzene rings is 1. The van der Waals surface area contributed by atoms with Crippen molar-refractivity contribution in [3.63, 3.8) is 0 Å². The van der Waals surface area contributed by atoms with E-state index < -0.39 is 50.9 Å². The minimum absolute atomic E-state index is 0.0962. The number of carboxylic acids is 1. The number of carboxylic acid groups (broad SMARTS) is 1. The normalized spacial score (nSPS) is 13.6. The Morgan fingerprint density at radius 1 is 1.00 bits per heavy atom. The van der Waals surface area contributed by atoms with Crippen LogP contribution in [0, 0.1) is 19.3 Å². The summed E-state index contributed by atoms with van der Waals surface area (Å²) in [6, 6.07) is 1.23. The van der Waals surface area contributed by atoms with Gasteiger partial charge in [-0.05, 0) is 45.7 Å². The van der Waals surface area contributed by atoms with Crippen molar-refractivity contribution in [3.8, 4) is 11.6 Å². The van der Waals surface area contributed by atoms with Crippen molar-refractivity contribution in [2.24, 2.45) is 0 Å². The highest BCUT2D eigenvalue weighted by Crippen LogP contribution is 3.02. The van der Waals surface area contributed by atoms with Gasteiger partial charge in [0, 0.05) is 22.8 Å². The molecule has 0 aliphatic rings. The number of carbonyl (C=O) groups excluding carboxylic acids is 1. The molecule has 0 amide bonds. The summed E-state index contributed by atoms with van der Waals surface area (Å²) in [5.41, 5.74) is 0.574. The van der Waals surface area contributed by atoms with Crippen LogP contribution in [-0.4, -0.2) is 55.1 Å². The van der Waals surface area contributed by atoms with E-state index in [1.165, 1.54) is 6.92 Å². The zero-order valence-electron chi connectivity index (χ0n) is 23.4. The average molecular weight is 652 g/mol. The van der Waals surface area contributed by atoms with Gasteiger partial charge < -0.3 is 14.6 Å². The number of ketones is 1. The van der Waals surface area contributed by atoms with E-state index in [1.807, 2.05) is 13.8 Å². The van der Waals surface area contributed by atoms with Gasteiger partial charge in [0.1, 0.15) is 17.2 Å². The second kappa shape index (κ2) is 11.6. The second-order valence-corrected chi connectivity index (χ2v) is 11.6. The monoisotopic (exact) mass is 651 g/mol. The number of aryl methyl sites for hydroxylation is 1. The minimum atomic E-state index is -10.1. The van der Waals surface area contributed by atoms with Gasteiger partial charge in [-0.2, -0.15) is 17.7 Å². The van der Waals surface area contributed by atoms with Crippen LogP contribution in [0.5, 0.6) is 11.6 Å². The fourth-order valence-electron chi connectivity index (χ4n) is 3.50. The number of ether oxygens (including phenoxy) is 2. The third-order valence-electron chi connectivity index (χ3n) is 5.95. The molecule has 0 unspecified atom stereocenters. The van der Waals surface area contributed by atoms with Gasteiger partial charge in [0.05, 0.1) is 12.7 Å². The largest absolute Gasteiger partial charge is 0.494 e. The van der Waals surface area contributed by atoms with Gasteiger partial charge in [0.25, 0.3) is 0 Å². The van der Waals surface area contributed by atoms with Crippen LogP contribution in [0.4, 0.5) is 32.6 Å². The number of carbonyl (C=O) groups is 2. The first-order chi connectivity index (χ1) is 19.4. The first-order valence-corrected chi connectivity index (χ1v) is 14.4. The number of fused-ring (bicyclic) bond motifs is 1. The van der Waals surface area contributed by atoms with Crippen molar-refractivity contribution in [2.75, 3.05) is 6.61 Å². The summed E-state index contributed by atoms with van der Waals surface area (Å²) < 4.78 is 112. The number of nitrogens with one attached hydrogen (secondary N) is 1. The molecule has 0 saturated heterocycles. The van der Waals surface area contributed by atoms with E-state index in [0.29, 0.717) is 17.0 Å². The van der Waals surface area contributed by atoms with Crippen molar-refractivity contribution in [2.45, 2.75) is 71.2 Å². The first-order valence-electron chi connectivity index (χ1n) is 12.5. The van der Waals surface area contributed by atoms with E-state index in [4.69, 9.17) is 24.8 Å². The van der Waals surface area contributed by atoms with Crippen LogP contribution in [0.15, 0.2) is 23.1 Å². The molecule has 3 rings (SSSR count). The molecule has 2 N–H and O–H groups in total. The Kier molecular flexibility index (Phi) is 9.56. The van der Waals surface area contributed by atoms with Crippen LogP contribution in [0.1, 0.15) is 55.1 Å². The lowest BCUT2D eigenvalue weighted by molar-refractivity contribution is -0.192. The summed E-state index contributed by atoms with van der Waals surface area (Å²) in [7, 11) is -10.1. The molecule has 2 aromatic heterocycles. The zero-order valence-corrected chi connectivity index (χ0v) is 24.3. The summed E-state index contributed by atoms with van der Waals surface area (Å²) in [6.07, 6.45) is -3.70. The maximum Gasteiger partial charge on any atom is 0.490 e. The number of Topliss-reactive ketones (excluding diaryl/α,β-unsaturated/α-hetero) is 1. The molecule has 0 aliphatic heterocycles. The number of alkyl halides is 3. The predicted octanol–water partition coefficient (Wildman–Crippen LogP) is 6.77. The van der Waals surface area contributed by atoms with Crippen LogP contribution >= 0.6 is 10.2 Å².